The van der Waals surface area contributed by atoms with Crippen LogP contribution in [-0.2, 0) is 32.2 Å². The molecule has 0 saturated carbocycles. The lowest BCUT2D eigenvalue weighted by atomic mass is 10.2. The van der Waals surface area contributed by atoms with Gasteiger partial charge >= 0.3 is 0 Å². The molecule has 0 aliphatic carbocycles. The maximum absolute atomic E-state index is 11.1. The van der Waals surface area contributed by atoms with Gasteiger partial charge in [-0.3, -0.25) is 9.48 Å². The number of carbonyl (C=O) groups is 1. The largest absolute Gasteiger partial charge is 0.377 e. The van der Waals surface area contributed by atoms with Crippen LogP contribution < -0.4 is 5.32 Å². The third-order valence-corrected chi connectivity index (χ3v) is 3.29. The summed E-state index contributed by atoms with van der Waals surface area (Å²) in [6, 6.07) is 0. The molecule has 1 N–H and O–H groups in total. The molecule has 8 heteroatoms. The molecule has 1 heterocycles. The van der Waals surface area contributed by atoms with Crippen molar-refractivity contribution in [1.82, 2.24) is 20.3 Å². The first kappa shape index (κ1) is 20.5. The number of hydrogen-bond donors (Lipinski definition) is 1. The summed E-state index contributed by atoms with van der Waals surface area (Å²) in [6.45, 7) is 5.49. The number of methoxy groups -OCH3 is 1. The minimum atomic E-state index is -0.143. The summed E-state index contributed by atoms with van der Waals surface area (Å²) in [5, 5.41) is 10.9. The molecule has 8 nitrogen and oxygen atoms in total. The van der Waals surface area contributed by atoms with Crippen LogP contribution in [0.1, 0.15) is 38.3 Å². The normalized spacial score (nSPS) is 10.9. The maximum Gasteiger partial charge on any atom is 0.246 e. The zero-order chi connectivity index (χ0) is 17.5. The number of aryl methyl sites for hydroxylation is 1. The van der Waals surface area contributed by atoms with Crippen LogP contribution in [-0.4, -0.2) is 61.0 Å². The Morgan fingerprint density at radius 3 is 2.83 bits per heavy atom. The molecule has 1 rings (SSSR count). The van der Waals surface area contributed by atoms with Gasteiger partial charge in [-0.15, -0.1) is 5.10 Å². The first-order valence-electron chi connectivity index (χ1n) is 8.56. The zero-order valence-corrected chi connectivity index (χ0v) is 14.8. The Kier molecular flexibility index (Phi) is 11.9. The average molecular weight is 342 g/mol. The smallest absolute Gasteiger partial charge is 0.246 e. The lowest BCUT2D eigenvalue weighted by molar-refractivity contribution is -0.125. The average Bonchev–Trinajstić information content (AvgIpc) is 3.02. The summed E-state index contributed by atoms with van der Waals surface area (Å²) < 4.78 is 17.4. The van der Waals surface area contributed by atoms with Crippen LogP contribution >= 0.6 is 0 Å². The number of amides is 1. The van der Waals surface area contributed by atoms with Gasteiger partial charge in [0.15, 0.2) is 0 Å². The van der Waals surface area contributed by atoms with E-state index in [4.69, 9.17) is 14.2 Å². The molecule has 0 radical (unpaired) electrons. The molecule has 0 spiro atoms. The SMILES string of the molecule is CCCCCCn1cc(COCCOCCNC(=O)COC)nn1. The molecular formula is C16H30N4O4. The fourth-order valence-corrected chi connectivity index (χ4v) is 2.06. The molecule has 0 aliphatic heterocycles. The quantitative estimate of drug-likeness (QED) is 0.481. The molecule has 0 atom stereocenters. The van der Waals surface area contributed by atoms with Gasteiger partial charge < -0.3 is 19.5 Å². The van der Waals surface area contributed by atoms with E-state index in [0.717, 1.165) is 18.7 Å². The molecule has 24 heavy (non-hydrogen) atoms. The number of nitrogens with one attached hydrogen (secondary N) is 1. The summed E-state index contributed by atoms with van der Waals surface area (Å²) in [4.78, 5) is 11.1. The Morgan fingerprint density at radius 1 is 1.21 bits per heavy atom. The van der Waals surface area contributed by atoms with Crippen molar-refractivity contribution in [2.24, 2.45) is 0 Å². The second-order valence-corrected chi connectivity index (χ2v) is 5.48. The molecule has 1 amide bonds. The van der Waals surface area contributed by atoms with Gasteiger partial charge in [-0.1, -0.05) is 31.4 Å². The van der Waals surface area contributed by atoms with Crippen LogP contribution in [0.3, 0.4) is 0 Å². The Balaban J connectivity index is 1.96. The summed E-state index contributed by atoms with van der Waals surface area (Å²) in [7, 11) is 1.48. The summed E-state index contributed by atoms with van der Waals surface area (Å²) >= 11 is 0. The van der Waals surface area contributed by atoms with Crippen molar-refractivity contribution in [3.05, 3.63) is 11.9 Å². The van der Waals surface area contributed by atoms with E-state index in [2.05, 4.69) is 22.6 Å². The highest BCUT2D eigenvalue weighted by molar-refractivity contribution is 5.77. The van der Waals surface area contributed by atoms with Gasteiger partial charge in [0, 0.05) is 20.2 Å². The van der Waals surface area contributed by atoms with E-state index in [1.807, 2.05) is 10.9 Å². The molecule has 0 unspecified atom stereocenters. The summed E-state index contributed by atoms with van der Waals surface area (Å²) in [5.41, 5.74) is 0.831. The molecule has 0 saturated heterocycles. The van der Waals surface area contributed by atoms with E-state index >= 15 is 0 Å². The van der Waals surface area contributed by atoms with Crippen LogP contribution in [0, 0.1) is 0 Å². The Labute approximate surface area is 143 Å². The first-order valence-corrected chi connectivity index (χ1v) is 8.56. The number of hydrogen-bond acceptors (Lipinski definition) is 6. The third-order valence-electron chi connectivity index (χ3n) is 3.29. The van der Waals surface area contributed by atoms with Gasteiger partial charge in [0.25, 0.3) is 0 Å². The van der Waals surface area contributed by atoms with Crippen molar-refractivity contribution in [3.8, 4) is 0 Å². The van der Waals surface area contributed by atoms with Crippen molar-refractivity contribution in [1.29, 1.82) is 0 Å². The van der Waals surface area contributed by atoms with Gasteiger partial charge in [-0.05, 0) is 6.42 Å². The molecule has 1 aromatic heterocycles. The van der Waals surface area contributed by atoms with E-state index in [1.54, 1.807) is 0 Å². The van der Waals surface area contributed by atoms with E-state index in [-0.39, 0.29) is 12.5 Å². The van der Waals surface area contributed by atoms with Crippen LogP contribution in [0.5, 0.6) is 0 Å². The van der Waals surface area contributed by atoms with Gasteiger partial charge in [0.1, 0.15) is 12.3 Å². The number of carbonyl (C=O) groups excluding carboxylic acids is 1. The lowest BCUT2D eigenvalue weighted by Gasteiger charge is -2.06. The predicted molar refractivity (Wildman–Crippen MR) is 89.5 cm³/mol. The molecule has 0 aliphatic rings. The van der Waals surface area contributed by atoms with Crippen LogP contribution in [0.25, 0.3) is 0 Å². The third kappa shape index (κ3) is 10.3. The van der Waals surface area contributed by atoms with Crippen LogP contribution in [0.15, 0.2) is 6.20 Å². The fraction of sp³-hybridized carbons (Fsp3) is 0.812. The minimum absolute atomic E-state index is 0.0718. The first-order chi connectivity index (χ1) is 11.8. The number of rotatable bonds is 15. The van der Waals surface area contributed by atoms with Gasteiger partial charge in [-0.2, -0.15) is 0 Å². The lowest BCUT2D eigenvalue weighted by Crippen LogP contribution is -2.30. The van der Waals surface area contributed by atoms with E-state index < -0.39 is 0 Å². The Bertz CT molecular complexity index is 439. The van der Waals surface area contributed by atoms with Gasteiger partial charge in [0.05, 0.1) is 32.6 Å². The van der Waals surface area contributed by atoms with E-state index in [1.165, 1.54) is 26.4 Å². The second kappa shape index (κ2) is 13.9. The second-order valence-electron chi connectivity index (χ2n) is 5.48. The van der Waals surface area contributed by atoms with E-state index in [0.29, 0.717) is 33.0 Å². The standard InChI is InChI=1S/C16H30N4O4/c1-3-4-5-6-8-20-12-15(18-19-20)13-24-11-10-23-9-7-17-16(21)14-22-2/h12H,3-11,13-14H2,1-2H3,(H,17,21). The maximum atomic E-state index is 11.1. The van der Waals surface area contributed by atoms with Crippen molar-refractivity contribution < 1.29 is 19.0 Å². The van der Waals surface area contributed by atoms with Crippen molar-refractivity contribution in [2.45, 2.75) is 45.8 Å². The van der Waals surface area contributed by atoms with Crippen molar-refractivity contribution >= 4 is 5.91 Å². The summed E-state index contributed by atoms with van der Waals surface area (Å²) in [6.07, 6.45) is 6.79. The predicted octanol–water partition coefficient (Wildman–Crippen LogP) is 1.15. The number of unbranched alkanes of at least 4 members (excludes halogenated alkanes) is 3. The van der Waals surface area contributed by atoms with E-state index in [9.17, 15) is 4.79 Å². The molecule has 0 aromatic carbocycles. The molecule has 0 bridgehead atoms. The van der Waals surface area contributed by atoms with Gasteiger partial charge in [0.2, 0.25) is 5.91 Å². The zero-order valence-electron chi connectivity index (χ0n) is 14.8. The van der Waals surface area contributed by atoms with Gasteiger partial charge in [-0.25, -0.2) is 0 Å². The number of aromatic nitrogens is 3. The van der Waals surface area contributed by atoms with Crippen molar-refractivity contribution in [2.75, 3.05) is 40.1 Å². The molecule has 138 valence electrons. The van der Waals surface area contributed by atoms with Crippen molar-refractivity contribution in [3.63, 3.8) is 0 Å². The Morgan fingerprint density at radius 2 is 2.04 bits per heavy atom. The highest BCUT2D eigenvalue weighted by Crippen LogP contribution is 2.02. The van der Waals surface area contributed by atoms with Crippen LogP contribution in [0.4, 0.5) is 0 Å². The molecule has 1 aromatic rings. The topological polar surface area (TPSA) is 87.5 Å². The monoisotopic (exact) mass is 342 g/mol. The Hall–Kier alpha value is -1.51. The summed E-state index contributed by atoms with van der Waals surface area (Å²) in [5.74, 6) is -0.143. The number of ether oxygens (including phenoxy) is 3. The highest BCUT2D eigenvalue weighted by atomic mass is 16.5. The van der Waals surface area contributed by atoms with Crippen LogP contribution in [0.2, 0.25) is 0 Å². The fourth-order valence-electron chi connectivity index (χ4n) is 2.06. The molecular weight excluding hydrogens is 312 g/mol. The molecule has 0 fully saturated rings. The number of nitrogens with zero attached hydrogens (tertiary/aromatic N) is 3. The minimum Gasteiger partial charge on any atom is -0.377 e. The highest BCUT2D eigenvalue weighted by Gasteiger charge is 2.01.